The number of fused-ring (bicyclic) bond motifs is 3. The van der Waals surface area contributed by atoms with Crippen LogP contribution in [0.1, 0.15) is 47.9 Å². The summed E-state index contributed by atoms with van der Waals surface area (Å²) in [6, 6.07) is 1.75. The molecule has 0 bridgehead atoms. The van der Waals surface area contributed by atoms with Gasteiger partial charge in [0.25, 0.3) is 0 Å². The SMILES string of the molecule is CNC1COc2c(S(=N)(=O)NC(=O)Nc3c4c(cc5c3C(C)CC5)CCC4)cnn2C1. The number of nitrogens with zero attached hydrogens (tertiary/aromatic N) is 2. The van der Waals surface area contributed by atoms with E-state index in [9.17, 15) is 9.00 Å². The number of hydrogen-bond donors (Lipinski definition) is 4. The average molecular weight is 445 g/mol. The highest BCUT2D eigenvalue weighted by molar-refractivity contribution is 7.91. The molecule has 1 aromatic carbocycles. The van der Waals surface area contributed by atoms with Crippen LogP contribution in [0.2, 0.25) is 0 Å². The number of ether oxygens (including phenoxy) is 1. The normalized spacial score (nSPS) is 23.3. The third-order valence-electron chi connectivity index (χ3n) is 6.63. The number of urea groups is 1. The van der Waals surface area contributed by atoms with Crippen molar-refractivity contribution in [3.8, 4) is 5.88 Å². The zero-order chi connectivity index (χ0) is 21.8. The maximum absolute atomic E-state index is 13.2. The highest BCUT2D eigenvalue weighted by Gasteiger charge is 2.31. The lowest BCUT2D eigenvalue weighted by Gasteiger charge is -2.24. The molecule has 2 aromatic rings. The molecule has 0 spiro atoms. The molecule has 5 rings (SSSR count). The number of likely N-dealkylation sites (N-methyl/N-ethyl adjacent to an activating group) is 1. The molecule has 0 saturated heterocycles. The van der Waals surface area contributed by atoms with Gasteiger partial charge in [-0.2, -0.15) is 5.10 Å². The van der Waals surface area contributed by atoms with E-state index >= 15 is 0 Å². The van der Waals surface area contributed by atoms with E-state index in [1.54, 1.807) is 4.68 Å². The van der Waals surface area contributed by atoms with Crippen LogP contribution in [0, 0.1) is 4.78 Å². The predicted molar refractivity (Wildman–Crippen MR) is 117 cm³/mol. The van der Waals surface area contributed by atoms with Crippen LogP contribution in [0.15, 0.2) is 17.2 Å². The minimum absolute atomic E-state index is 0.0857. The number of amides is 2. The van der Waals surface area contributed by atoms with E-state index in [-0.39, 0.29) is 16.8 Å². The Balaban J connectivity index is 1.40. The number of nitrogens with one attached hydrogen (secondary N) is 4. The molecule has 0 fully saturated rings. The Morgan fingerprint density at radius 1 is 1.32 bits per heavy atom. The summed E-state index contributed by atoms with van der Waals surface area (Å²) >= 11 is 0. The molecule has 9 nitrogen and oxygen atoms in total. The van der Waals surface area contributed by atoms with Crippen LogP contribution >= 0.6 is 0 Å². The molecule has 0 saturated carbocycles. The highest BCUT2D eigenvalue weighted by atomic mass is 32.2. The van der Waals surface area contributed by atoms with Crippen molar-refractivity contribution in [2.24, 2.45) is 0 Å². The van der Waals surface area contributed by atoms with Gasteiger partial charge in [-0.15, -0.1) is 0 Å². The molecule has 0 radical (unpaired) electrons. The van der Waals surface area contributed by atoms with Gasteiger partial charge in [-0.3, -0.25) is 0 Å². The van der Waals surface area contributed by atoms with Gasteiger partial charge in [0.05, 0.1) is 18.8 Å². The second kappa shape index (κ2) is 7.52. The summed E-state index contributed by atoms with van der Waals surface area (Å²) in [5, 5.41) is 10.3. The number of carbonyl (C=O) groups excluding carboxylic acids is 1. The van der Waals surface area contributed by atoms with Crippen molar-refractivity contribution in [2.45, 2.75) is 62.4 Å². The molecule has 2 aliphatic carbocycles. The molecule has 3 aliphatic rings. The van der Waals surface area contributed by atoms with E-state index < -0.39 is 15.9 Å². The molecule has 3 atom stereocenters. The lowest BCUT2D eigenvalue weighted by molar-refractivity contribution is 0.184. The van der Waals surface area contributed by atoms with Crippen molar-refractivity contribution in [2.75, 3.05) is 19.0 Å². The van der Waals surface area contributed by atoms with E-state index in [4.69, 9.17) is 9.52 Å². The number of anilines is 1. The maximum Gasteiger partial charge on any atom is 0.331 e. The Kier molecular flexibility index (Phi) is 4.93. The molecule has 1 aromatic heterocycles. The van der Waals surface area contributed by atoms with Gasteiger partial charge < -0.3 is 15.4 Å². The highest BCUT2D eigenvalue weighted by Crippen LogP contribution is 2.43. The van der Waals surface area contributed by atoms with E-state index in [1.807, 2.05) is 7.05 Å². The van der Waals surface area contributed by atoms with Gasteiger partial charge in [0, 0.05) is 5.69 Å². The minimum Gasteiger partial charge on any atom is -0.475 e. The van der Waals surface area contributed by atoms with Crippen LogP contribution in [-0.4, -0.2) is 39.7 Å². The standard InChI is InChI=1S/C21H28N6O3S/c1-12-6-7-14-8-13-4-3-5-16(13)19(18(12)14)25-21(28)26-31(22,29)17-9-24-27-10-15(23-2)11-30-20(17)27/h8-9,12,15,23H,3-7,10-11H2,1-2H3,(H3,22,25,26,28,29). The zero-order valence-electron chi connectivity index (χ0n) is 17.8. The van der Waals surface area contributed by atoms with Crippen molar-refractivity contribution < 1.29 is 13.7 Å². The molecule has 31 heavy (non-hydrogen) atoms. The first kappa shape index (κ1) is 20.3. The Morgan fingerprint density at radius 2 is 2.16 bits per heavy atom. The van der Waals surface area contributed by atoms with Crippen molar-refractivity contribution in [1.29, 1.82) is 4.78 Å². The van der Waals surface area contributed by atoms with Gasteiger partial charge in [-0.05, 0) is 67.3 Å². The number of hydrogen-bond acceptors (Lipinski definition) is 6. The van der Waals surface area contributed by atoms with Gasteiger partial charge in [0.1, 0.15) is 11.5 Å². The fraction of sp³-hybridized carbons (Fsp3) is 0.524. The van der Waals surface area contributed by atoms with Crippen molar-refractivity contribution >= 4 is 21.6 Å². The largest absolute Gasteiger partial charge is 0.475 e. The maximum atomic E-state index is 13.2. The monoisotopic (exact) mass is 444 g/mol. The van der Waals surface area contributed by atoms with Crippen LogP contribution in [0.4, 0.5) is 10.5 Å². The summed E-state index contributed by atoms with van der Waals surface area (Å²) in [5.74, 6) is 0.648. The molecule has 166 valence electrons. The average Bonchev–Trinajstić information content (AvgIpc) is 3.45. The summed E-state index contributed by atoms with van der Waals surface area (Å²) in [4.78, 5) is 13.0. The number of aromatic nitrogens is 2. The molecular formula is C21H28N6O3S. The summed E-state index contributed by atoms with van der Waals surface area (Å²) in [5.41, 5.74) is 5.83. The van der Waals surface area contributed by atoms with Gasteiger partial charge in [0.2, 0.25) is 5.88 Å². The topological polar surface area (TPSA) is 121 Å². The molecule has 2 amide bonds. The van der Waals surface area contributed by atoms with Crippen LogP contribution < -0.4 is 20.1 Å². The first-order valence-electron chi connectivity index (χ1n) is 10.8. The lowest BCUT2D eigenvalue weighted by atomic mass is 9.95. The van der Waals surface area contributed by atoms with Crippen molar-refractivity contribution in [1.82, 2.24) is 19.8 Å². The smallest absolute Gasteiger partial charge is 0.331 e. The summed E-state index contributed by atoms with van der Waals surface area (Å²) in [7, 11) is -1.80. The summed E-state index contributed by atoms with van der Waals surface area (Å²) in [6.07, 6.45) is 6.46. The second-order valence-electron chi connectivity index (χ2n) is 8.66. The fourth-order valence-corrected chi connectivity index (χ4v) is 6.05. The van der Waals surface area contributed by atoms with Crippen molar-refractivity contribution in [3.05, 3.63) is 34.5 Å². The number of benzene rings is 1. The molecule has 2 heterocycles. The Labute approximate surface area is 182 Å². The zero-order valence-corrected chi connectivity index (χ0v) is 18.6. The Morgan fingerprint density at radius 3 is 2.97 bits per heavy atom. The lowest BCUT2D eigenvalue weighted by Crippen LogP contribution is -2.40. The van der Waals surface area contributed by atoms with Crippen molar-refractivity contribution in [3.63, 3.8) is 0 Å². The third-order valence-corrected chi connectivity index (χ3v) is 8.00. The van der Waals surface area contributed by atoms with E-state index in [1.165, 1.54) is 28.5 Å². The number of rotatable bonds is 4. The van der Waals surface area contributed by atoms with Crippen LogP contribution in [-0.2, 0) is 35.7 Å². The molecule has 3 unspecified atom stereocenters. The van der Waals surface area contributed by atoms with E-state index in [0.29, 0.717) is 19.1 Å². The van der Waals surface area contributed by atoms with Crippen LogP contribution in [0.25, 0.3) is 0 Å². The van der Waals surface area contributed by atoms with Gasteiger partial charge in [-0.1, -0.05) is 13.0 Å². The van der Waals surface area contributed by atoms with Crippen LogP contribution in [0.3, 0.4) is 0 Å². The number of carbonyl (C=O) groups is 1. The molecule has 4 N–H and O–H groups in total. The summed E-state index contributed by atoms with van der Waals surface area (Å²) in [6.45, 7) is 3.11. The van der Waals surface area contributed by atoms with Gasteiger partial charge in [0.15, 0.2) is 9.92 Å². The molecule has 1 aliphatic heterocycles. The van der Waals surface area contributed by atoms with Gasteiger partial charge >= 0.3 is 6.03 Å². The quantitative estimate of drug-likeness (QED) is 0.577. The summed E-state index contributed by atoms with van der Waals surface area (Å²) < 4.78 is 31.2. The van der Waals surface area contributed by atoms with E-state index in [2.05, 4.69) is 33.4 Å². The Bertz CT molecular complexity index is 1160. The van der Waals surface area contributed by atoms with Gasteiger partial charge in [-0.25, -0.2) is 23.2 Å². The Hall–Kier alpha value is -2.59. The van der Waals surface area contributed by atoms with E-state index in [0.717, 1.165) is 37.8 Å². The molecular weight excluding hydrogens is 416 g/mol. The predicted octanol–water partition coefficient (Wildman–Crippen LogP) is 2.54. The first-order chi connectivity index (χ1) is 14.9. The number of aryl methyl sites for hydroxylation is 2. The molecule has 10 heteroatoms. The fourth-order valence-electron chi connectivity index (χ4n) is 5.02. The first-order valence-corrected chi connectivity index (χ1v) is 12.3. The minimum atomic E-state index is -3.63. The third kappa shape index (κ3) is 3.47. The van der Waals surface area contributed by atoms with Crippen LogP contribution in [0.5, 0.6) is 5.88 Å². The second-order valence-corrected chi connectivity index (χ2v) is 10.4.